The molecule has 0 saturated carbocycles. The lowest BCUT2D eigenvalue weighted by molar-refractivity contribution is 0.0494. The first-order valence-corrected chi connectivity index (χ1v) is 6.91. The third-order valence-corrected chi connectivity index (χ3v) is 3.89. The molecule has 4 nitrogen and oxygen atoms in total. The van der Waals surface area contributed by atoms with Gasteiger partial charge in [0.15, 0.2) is 0 Å². The molecule has 2 rings (SSSR count). The van der Waals surface area contributed by atoms with Gasteiger partial charge in [0.1, 0.15) is 5.75 Å². The van der Waals surface area contributed by atoms with Crippen LogP contribution in [0.4, 0.5) is 0 Å². The topological polar surface area (TPSA) is 44.7 Å². The van der Waals surface area contributed by atoms with Crippen molar-refractivity contribution in [2.24, 2.45) is 0 Å². The molecule has 1 heterocycles. The molecule has 19 heavy (non-hydrogen) atoms. The minimum absolute atomic E-state index is 0.0952. The van der Waals surface area contributed by atoms with Gasteiger partial charge < -0.3 is 15.2 Å². The summed E-state index contributed by atoms with van der Waals surface area (Å²) in [7, 11) is 1.65. The average molecular weight is 264 g/mol. The molecule has 0 spiro atoms. The Kier molecular flexibility index (Phi) is 4.80. The molecule has 1 aromatic rings. The highest BCUT2D eigenvalue weighted by molar-refractivity contribution is 5.39. The van der Waals surface area contributed by atoms with Gasteiger partial charge in [0.25, 0.3) is 0 Å². The van der Waals surface area contributed by atoms with Crippen molar-refractivity contribution in [3.05, 3.63) is 29.3 Å². The smallest absolute Gasteiger partial charge is 0.124 e. The number of hydrogen-bond acceptors (Lipinski definition) is 4. The fraction of sp³-hybridized carbons (Fsp3) is 0.600. The van der Waals surface area contributed by atoms with Crippen molar-refractivity contribution in [2.45, 2.75) is 26.0 Å². The molecule has 1 aliphatic rings. The highest BCUT2D eigenvalue weighted by Gasteiger charge is 2.26. The van der Waals surface area contributed by atoms with Crippen LogP contribution in [0.15, 0.2) is 18.2 Å². The molecule has 0 amide bonds. The number of rotatable bonds is 4. The standard InChI is InChI=1S/C15H24N2O2/c1-11-4-5-14(19-3)13(10-11)15(18)12(2)17-8-6-16-7-9-17/h4-5,10,12,15-16,18H,6-9H2,1-3H3. The molecule has 1 aliphatic heterocycles. The SMILES string of the molecule is COc1ccc(C)cc1C(O)C(C)N1CCNCC1. The van der Waals surface area contributed by atoms with Crippen LogP contribution in [0.2, 0.25) is 0 Å². The molecule has 2 N–H and O–H groups in total. The number of nitrogens with zero attached hydrogens (tertiary/aromatic N) is 1. The second-order valence-electron chi connectivity index (χ2n) is 5.22. The van der Waals surface area contributed by atoms with Crippen molar-refractivity contribution in [3.63, 3.8) is 0 Å². The van der Waals surface area contributed by atoms with Gasteiger partial charge >= 0.3 is 0 Å². The summed E-state index contributed by atoms with van der Waals surface area (Å²) in [5, 5.41) is 14.0. The Bertz CT molecular complexity index is 417. The zero-order chi connectivity index (χ0) is 13.8. The number of aliphatic hydroxyl groups is 1. The predicted octanol–water partition coefficient (Wildman–Crippen LogP) is 1.33. The molecule has 2 unspecified atom stereocenters. The maximum atomic E-state index is 10.6. The number of aliphatic hydroxyl groups excluding tert-OH is 1. The molecular formula is C15H24N2O2. The van der Waals surface area contributed by atoms with Crippen LogP contribution in [0.3, 0.4) is 0 Å². The van der Waals surface area contributed by atoms with Gasteiger partial charge in [-0.1, -0.05) is 11.6 Å². The monoisotopic (exact) mass is 264 g/mol. The Morgan fingerprint density at radius 1 is 1.32 bits per heavy atom. The van der Waals surface area contributed by atoms with Crippen LogP contribution >= 0.6 is 0 Å². The van der Waals surface area contributed by atoms with Gasteiger partial charge in [0.05, 0.1) is 13.2 Å². The van der Waals surface area contributed by atoms with Gasteiger partial charge in [-0.2, -0.15) is 0 Å². The minimum atomic E-state index is -0.520. The lowest BCUT2D eigenvalue weighted by Gasteiger charge is -2.35. The quantitative estimate of drug-likeness (QED) is 0.861. The fourth-order valence-corrected chi connectivity index (χ4v) is 2.63. The maximum Gasteiger partial charge on any atom is 0.124 e. The predicted molar refractivity (Wildman–Crippen MR) is 76.6 cm³/mol. The van der Waals surface area contributed by atoms with Crippen LogP contribution < -0.4 is 10.1 Å². The molecule has 1 aromatic carbocycles. The van der Waals surface area contributed by atoms with E-state index < -0.39 is 6.10 Å². The summed E-state index contributed by atoms with van der Waals surface area (Å²) in [6, 6.07) is 6.04. The first-order chi connectivity index (χ1) is 9.13. The number of nitrogens with one attached hydrogen (secondary N) is 1. The third-order valence-electron chi connectivity index (χ3n) is 3.89. The molecule has 0 aromatic heterocycles. The van der Waals surface area contributed by atoms with E-state index in [9.17, 15) is 5.11 Å². The van der Waals surface area contributed by atoms with E-state index in [2.05, 4.69) is 17.1 Å². The van der Waals surface area contributed by atoms with Crippen molar-refractivity contribution in [2.75, 3.05) is 33.3 Å². The normalized spacial score (nSPS) is 20.0. The van der Waals surface area contributed by atoms with Crippen molar-refractivity contribution in [1.29, 1.82) is 0 Å². The molecular weight excluding hydrogens is 240 g/mol. The number of aryl methyl sites for hydroxylation is 1. The lowest BCUT2D eigenvalue weighted by atomic mass is 9.99. The van der Waals surface area contributed by atoms with Crippen molar-refractivity contribution in [1.82, 2.24) is 10.2 Å². The zero-order valence-corrected chi connectivity index (χ0v) is 12.0. The summed E-state index contributed by atoms with van der Waals surface area (Å²) in [4.78, 5) is 2.32. The van der Waals surface area contributed by atoms with E-state index in [0.29, 0.717) is 0 Å². The Morgan fingerprint density at radius 2 is 2.00 bits per heavy atom. The van der Waals surface area contributed by atoms with Crippen LogP contribution in [0.1, 0.15) is 24.2 Å². The first-order valence-electron chi connectivity index (χ1n) is 6.91. The maximum absolute atomic E-state index is 10.6. The number of methoxy groups -OCH3 is 1. The third kappa shape index (κ3) is 3.26. The van der Waals surface area contributed by atoms with E-state index in [1.165, 1.54) is 0 Å². The highest BCUT2D eigenvalue weighted by atomic mass is 16.5. The number of benzene rings is 1. The molecule has 4 heteroatoms. The summed E-state index contributed by atoms with van der Waals surface area (Å²) in [5.74, 6) is 0.764. The van der Waals surface area contributed by atoms with Gasteiger partial charge in [0, 0.05) is 37.8 Å². The molecule has 1 saturated heterocycles. The first kappa shape index (κ1) is 14.3. The molecule has 2 atom stereocenters. The zero-order valence-electron chi connectivity index (χ0n) is 12.0. The van der Waals surface area contributed by atoms with Crippen LogP contribution in [0.25, 0.3) is 0 Å². The molecule has 106 valence electrons. The average Bonchev–Trinajstić information content (AvgIpc) is 2.46. The Labute approximate surface area is 115 Å². The van der Waals surface area contributed by atoms with E-state index in [1.807, 2.05) is 25.1 Å². The Balaban J connectivity index is 2.17. The van der Waals surface area contributed by atoms with Gasteiger partial charge in [-0.3, -0.25) is 4.90 Å². The number of hydrogen-bond donors (Lipinski definition) is 2. The second kappa shape index (κ2) is 6.37. The van der Waals surface area contributed by atoms with Gasteiger partial charge in [-0.15, -0.1) is 0 Å². The largest absolute Gasteiger partial charge is 0.496 e. The van der Waals surface area contributed by atoms with Crippen molar-refractivity contribution < 1.29 is 9.84 Å². The fourth-order valence-electron chi connectivity index (χ4n) is 2.63. The number of piperazine rings is 1. The van der Waals surface area contributed by atoms with Crippen LogP contribution in [-0.4, -0.2) is 49.3 Å². The van der Waals surface area contributed by atoms with E-state index in [1.54, 1.807) is 7.11 Å². The van der Waals surface area contributed by atoms with Gasteiger partial charge in [0.2, 0.25) is 0 Å². The molecule has 0 aliphatic carbocycles. The summed E-state index contributed by atoms with van der Waals surface area (Å²) in [6.07, 6.45) is -0.520. The van der Waals surface area contributed by atoms with E-state index in [4.69, 9.17) is 4.74 Å². The summed E-state index contributed by atoms with van der Waals surface area (Å²) in [5.41, 5.74) is 2.02. The van der Waals surface area contributed by atoms with Crippen molar-refractivity contribution >= 4 is 0 Å². The van der Waals surface area contributed by atoms with Gasteiger partial charge in [-0.25, -0.2) is 0 Å². The minimum Gasteiger partial charge on any atom is -0.496 e. The van der Waals surface area contributed by atoms with Gasteiger partial charge in [-0.05, 0) is 26.0 Å². The molecule has 1 fully saturated rings. The summed E-state index contributed by atoms with van der Waals surface area (Å²) >= 11 is 0. The Hall–Kier alpha value is -1.10. The van der Waals surface area contributed by atoms with Crippen LogP contribution in [0, 0.1) is 6.92 Å². The van der Waals surface area contributed by atoms with Crippen LogP contribution in [0.5, 0.6) is 5.75 Å². The molecule has 0 bridgehead atoms. The lowest BCUT2D eigenvalue weighted by Crippen LogP contribution is -2.49. The van der Waals surface area contributed by atoms with E-state index in [0.717, 1.165) is 43.1 Å². The highest BCUT2D eigenvalue weighted by Crippen LogP contribution is 2.30. The van der Waals surface area contributed by atoms with Crippen molar-refractivity contribution in [3.8, 4) is 5.75 Å². The molecule has 0 radical (unpaired) electrons. The summed E-state index contributed by atoms with van der Waals surface area (Å²) in [6.45, 7) is 8.05. The van der Waals surface area contributed by atoms with E-state index in [-0.39, 0.29) is 6.04 Å². The van der Waals surface area contributed by atoms with E-state index >= 15 is 0 Å². The van der Waals surface area contributed by atoms with Crippen LogP contribution in [-0.2, 0) is 0 Å². The Morgan fingerprint density at radius 3 is 2.63 bits per heavy atom. The summed E-state index contributed by atoms with van der Waals surface area (Å²) < 4.78 is 5.37. The second-order valence-corrected chi connectivity index (χ2v) is 5.22. The number of ether oxygens (including phenoxy) is 1.